The van der Waals surface area contributed by atoms with E-state index in [4.69, 9.17) is 0 Å². The molecule has 0 spiro atoms. The maximum atomic E-state index is 12.4. The first-order valence-corrected chi connectivity index (χ1v) is 9.25. The number of benzene rings is 2. The van der Waals surface area contributed by atoms with Gasteiger partial charge in [0.25, 0.3) is 5.91 Å². The Balaban J connectivity index is 1.71. The molecule has 0 aliphatic carbocycles. The van der Waals surface area contributed by atoms with E-state index in [-0.39, 0.29) is 5.91 Å². The van der Waals surface area contributed by atoms with E-state index < -0.39 is 10.8 Å². The third kappa shape index (κ3) is 3.71. The van der Waals surface area contributed by atoms with Crippen molar-refractivity contribution < 1.29 is 9.00 Å². The van der Waals surface area contributed by atoms with Gasteiger partial charge in [0.15, 0.2) is 0 Å². The van der Waals surface area contributed by atoms with E-state index in [2.05, 4.69) is 10.4 Å². The number of amides is 1. The maximum absolute atomic E-state index is 12.4. The summed E-state index contributed by atoms with van der Waals surface area (Å²) in [7, 11) is -1.08. The Hall–Kier alpha value is -2.47. The van der Waals surface area contributed by atoms with Crippen LogP contribution in [0.1, 0.15) is 23.7 Å². The topological polar surface area (TPSA) is 61.8 Å². The molecule has 0 saturated carbocycles. The molecule has 0 aromatic heterocycles. The number of nitrogens with zero attached hydrogens (tertiary/aromatic N) is 2. The molecule has 1 atom stereocenters. The zero-order chi connectivity index (χ0) is 17.1. The molecule has 5 nitrogen and oxygen atoms in total. The lowest BCUT2D eigenvalue weighted by atomic mass is 10.2. The normalized spacial score (nSPS) is 15.1. The zero-order valence-corrected chi connectivity index (χ0v) is 14.5. The van der Waals surface area contributed by atoms with Crippen molar-refractivity contribution in [1.82, 2.24) is 0 Å². The van der Waals surface area contributed by atoms with Crippen molar-refractivity contribution in [3.63, 3.8) is 0 Å². The molecule has 3 rings (SSSR count). The fourth-order valence-electron chi connectivity index (χ4n) is 2.50. The minimum absolute atomic E-state index is 0.193. The third-order valence-corrected chi connectivity index (χ3v) is 4.75. The number of anilines is 2. The average Bonchev–Trinajstić information content (AvgIpc) is 3.01. The van der Waals surface area contributed by atoms with Gasteiger partial charge in [0.05, 0.1) is 5.69 Å². The monoisotopic (exact) mass is 341 g/mol. The van der Waals surface area contributed by atoms with Gasteiger partial charge in [-0.2, -0.15) is 5.10 Å². The first-order valence-electron chi connectivity index (χ1n) is 7.69. The molecule has 124 valence electrons. The van der Waals surface area contributed by atoms with E-state index in [1.807, 2.05) is 24.1 Å². The van der Waals surface area contributed by atoms with Gasteiger partial charge in [-0.25, -0.2) is 0 Å². The van der Waals surface area contributed by atoms with E-state index in [0.717, 1.165) is 24.4 Å². The lowest BCUT2D eigenvalue weighted by molar-refractivity contribution is 0.102. The van der Waals surface area contributed by atoms with Gasteiger partial charge in [-0.15, -0.1) is 0 Å². The first-order chi connectivity index (χ1) is 11.5. The molecule has 6 heteroatoms. The standard InChI is InChI=1S/C18H19N3O2S/c1-13-10-11-21(20-13)16-8-6-14(7-9-16)18(22)19-15-4-3-5-17(12-15)24(2)23/h3-9,12H,10-11H2,1-2H3,(H,19,22). The minimum atomic E-state index is -1.08. The van der Waals surface area contributed by atoms with Crippen LogP contribution in [0.15, 0.2) is 58.5 Å². The van der Waals surface area contributed by atoms with Crippen LogP contribution in [0.4, 0.5) is 11.4 Å². The van der Waals surface area contributed by atoms with Gasteiger partial charge in [0.2, 0.25) is 0 Å². The summed E-state index contributed by atoms with van der Waals surface area (Å²) in [4.78, 5) is 13.0. The number of rotatable bonds is 4. The van der Waals surface area contributed by atoms with Crippen molar-refractivity contribution in [2.45, 2.75) is 18.2 Å². The van der Waals surface area contributed by atoms with Crippen LogP contribution in [0.5, 0.6) is 0 Å². The second-order valence-electron chi connectivity index (χ2n) is 5.69. The Labute approximate surface area is 143 Å². The lowest BCUT2D eigenvalue weighted by Gasteiger charge is -2.14. The second-order valence-corrected chi connectivity index (χ2v) is 7.07. The van der Waals surface area contributed by atoms with Crippen LogP contribution in [-0.2, 0) is 10.8 Å². The molecule has 1 unspecified atom stereocenters. The molecule has 1 heterocycles. The number of hydrogen-bond acceptors (Lipinski definition) is 4. The molecule has 0 bridgehead atoms. The lowest BCUT2D eigenvalue weighted by Crippen LogP contribution is -2.14. The van der Waals surface area contributed by atoms with Crippen LogP contribution in [0.25, 0.3) is 0 Å². The van der Waals surface area contributed by atoms with Crippen LogP contribution in [0, 0.1) is 0 Å². The largest absolute Gasteiger partial charge is 0.322 e. The number of carbonyl (C=O) groups is 1. The summed E-state index contributed by atoms with van der Waals surface area (Å²) in [6, 6.07) is 14.4. The van der Waals surface area contributed by atoms with Crippen molar-refractivity contribution in [1.29, 1.82) is 0 Å². The van der Waals surface area contributed by atoms with Gasteiger partial charge in [0, 0.05) is 51.9 Å². The summed E-state index contributed by atoms with van der Waals surface area (Å²) < 4.78 is 11.5. The number of nitrogens with one attached hydrogen (secondary N) is 1. The number of carbonyl (C=O) groups excluding carboxylic acids is 1. The van der Waals surface area contributed by atoms with Crippen molar-refractivity contribution in [2.24, 2.45) is 5.10 Å². The highest BCUT2D eigenvalue weighted by Crippen LogP contribution is 2.20. The van der Waals surface area contributed by atoms with E-state index in [9.17, 15) is 9.00 Å². The zero-order valence-electron chi connectivity index (χ0n) is 13.7. The predicted molar refractivity (Wildman–Crippen MR) is 98.2 cm³/mol. The van der Waals surface area contributed by atoms with Crippen molar-refractivity contribution in [2.75, 3.05) is 23.1 Å². The molecule has 0 saturated heterocycles. The molecule has 1 N–H and O–H groups in total. The minimum Gasteiger partial charge on any atom is -0.322 e. The SMILES string of the molecule is CC1=NN(c2ccc(C(=O)Nc3cccc(S(C)=O)c3)cc2)CC1. The summed E-state index contributed by atoms with van der Waals surface area (Å²) in [6.45, 7) is 2.89. The molecule has 2 aromatic rings. The van der Waals surface area contributed by atoms with E-state index in [1.165, 1.54) is 0 Å². The maximum Gasteiger partial charge on any atom is 0.255 e. The fourth-order valence-corrected chi connectivity index (χ4v) is 3.06. The second kappa shape index (κ2) is 6.97. The van der Waals surface area contributed by atoms with Crippen molar-refractivity contribution in [3.05, 3.63) is 54.1 Å². The van der Waals surface area contributed by atoms with E-state index >= 15 is 0 Å². The van der Waals surface area contributed by atoms with Gasteiger partial charge in [-0.3, -0.25) is 14.0 Å². The van der Waals surface area contributed by atoms with Gasteiger partial charge in [0.1, 0.15) is 0 Å². The summed E-state index contributed by atoms with van der Waals surface area (Å²) >= 11 is 0. The smallest absolute Gasteiger partial charge is 0.255 e. The molecule has 24 heavy (non-hydrogen) atoms. The fraction of sp³-hybridized carbons (Fsp3) is 0.222. The molecule has 1 aliphatic rings. The molecule has 0 radical (unpaired) electrons. The van der Waals surface area contributed by atoms with Crippen LogP contribution < -0.4 is 10.3 Å². The molecular formula is C18H19N3O2S. The average molecular weight is 341 g/mol. The van der Waals surface area contributed by atoms with Crippen LogP contribution in [0.2, 0.25) is 0 Å². The predicted octanol–water partition coefficient (Wildman–Crippen LogP) is 3.26. The number of hydrazone groups is 1. The number of hydrogen-bond donors (Lipinski definition) is 1. The van der Waals surface area contributed by atoms with Gasteiger partial charge in [-0.05, 0) is 49.4 Å². The molecule has 1 amide bonds. The van der Waals surface area contributed by atoms with Crippen LogP contribution in [-0.4, -0.2) is 28.6 Å². The van der Waals surface area contributed by atoms with E-state index in [0.29, 0.717) is 16.1 Å². The Bertz CT molecular complexity index is 815. The van der Waals surface area contributed by atoms with Crippen LogP contribution >= 0.6 is 0 Å². The molecular weight excluding hydrogens is 322 g/mol. The Morgan fingerprint density at radius 1 is 1.21 bits per heavy atom. The van der Waals surface area contributed by atoms with Gasteiger partial charge < -0.3 is 5.32 Å². The quantitative estimate of drug-likeness (QED) is 0.928. The van der Waals surface area contributed by atoms with Crippen molar-refractivity contribution in [3.8, 4) is 0 Å². The van der Waals surface area contributed by atoms with Gasteiger partial charge in [-0.1, -0.05) is 6.07 Å². The summed E-state index contributed by atoms with van der Waals surface area (Å²) in [5.74, 6) is -0.193. The Morgan fingerprint density at radius 2 is 1.96 bits per heavy atom. The van der Waals surface area contributed by atoms with E-state index in [1.54, 1.807) is 42.7 Å². The third-order valence-electron chi connectivity index (χ3n) is 3.83. The summed E-state index contributed by atoms with van der Waals surface area (Å²) in [5.41, 5.74) is 3.30. The Kier molecular flexibility index (Phi) is 4.76. The highest BCUT2D eigenvalue weighted by Gasteiger charge is 2.13. The highest BCUT2D eigenvalue weighted by atomic mass is 32.2. The first kappa shape index (κ1) is 16.4. The van der Waals surface area contributed by atoms with Crippen molar-refractivity contribution >= 4 is 33.8 Å². The van der Waals surface area contributed by atoms with Crippen LogP contribution in [0.3, 0.4) is 0 Å². The summed E-state index contributed by atoms with van der Waals surface area (Å²) in [6.07, 6.45) is 2.58. The molecule has 1 aliphatic heterocycles. The highest BCUT2D eigenvalue weighted by molar-refractivity contribution is 7.84. The summed E-state index contributed by atoms with van der Waals surface area (Å²) in [5, 5.41) is 9.22. The Morgan fingerprint density at radius 3 is 2.58 bits per heavy atom. The molecule has 2 aromatic carbocycles. The molecule has 0 fully saturated rings. The van der Waals surface area contributed by atoms with Gasteiger partial charge >= 0.3 is 0 Å².